The zero-order valence-corrected chi connectivity index (χ0v) is 14.5. The fourth-order valence-electron chi connectivity index (χ4n) is 3.37. The van der Waals surface area contributed by atoms with E-state index in [1.54, 1.807) is 0 Å². The molecule has 1 saturated carbocycles. The molecule has 5 nitrogen and oxygen atoms in total. The monoisotopic (exact) mass is 331 g/mol. The first-order valence-corrected chi connectivity index (χ1v) is 9.09. The number of hydrogen-bond acceptors (Lipinski definition) is 4. The van der Waals surface area contributed by atoms with Gasteiger partial charge >= 0.3 is 0 Å². The number of β-amino-alcohol motifs (C(OH)–C–C–N with tert-alkyl or cyclic N) is 1. The van der Waals surface area contributed by atoms with Gasteiger partial charge in [-0.2, -0.15) is 0 Å². The van der Waals surface area contributed by atoms with Gasteiger partial charge in [0, 0.05) is 38.8 Å². The zero-order chi connectivity index (χ0) is 16.9. The minimum Gasteiger partial charge on any atom is -0.387 e. The van der Waals surface area contributed by atoms with Crippen molar-refractivity contribution in [2.75, 3.05) is 39.3 Å². The Morgan fingerprint density at radius 1 is 1.17 bits per heavy atom. The van der Waals surface area contributed by atoms with Crippen LogP contribution in [0.25, 0.3) is 0 Å². The van der Waals surface area contributed by atoms with E-state index in [0.29, 0.717) is 25.0 Å². The molecular formula is C19H29N3O2. The average Bonchev–Trinajstić information content (AvgIpc) is 3.42. The second-order valence-corrected chi connectivity index (χ2v) is 7.20. The standard InChI is InChI=1S/C19H29N3O2/c1-15(16-7-8-16)20-19(24)14-22-11-9-21(10-12-22)13-18(23)17-5-3-2-4-6-17/h2-6,15-16,18,23H,7-14H2,1H3,(H,20,24)/t15-,18-/m1/s1. The number of aliphatic hydroxyl groups is 1. The largest absolute Gasteiger partial charge is 0.387 e. The van der Waals surface area contributed by atoms with Gasteiger partial charge in [0.1, 0.15) is 0 Å². The Bertz CT molecular complexity index is 525. The number of rotatable bonds is 7. The maximum Gasteiger partial charge on any atom is 0.234 e. The van der Waals surface area contributed by atoms with Gasteiger partial charge in [0.25, 0.3) is 0 Å². The molecule has 2 fully saturated rings. The Kier molecular flexibility index (Phi) is 5.87. The number of carbonyl (C=O) groups is 1. The molecule has 2 N–H and O–H groups in total. The number of nitrogens with zero attached hydrogens (tertiary/aromatic N) is 2. The van der Waals surface area contributed by atoms with Crippen LogP contribution < -0.4 is 5.32 Å². The third-order valence-electron chi connectivity index (χ3n) is 5.17. The van der Waals surface area contributed by atoms with Crippen molar-refractivity contribution in [2.45, 2.75) is 31.9 Å². The van der Waals surface area contributed by atoms with Crippen LogP contribution in [0.5, 0.6) is 0 Å². The van der Waals surface area contributed by atoms with Crippen molar-refractivity contribution in [3.8, 4) is 0 Å². The number of hydrogen-bond donors (Lipinski definition) is 2. The first-order chi connectivity index (χ1) is 11.6. The van der Waals surface area contributed by atoms with Gasteiger partial charge in [0.2, 0.25) is 5.91 Å². The van der Waals surface area contributed by atoms with Crippen molar-refractivity contribution >= 4 is 5.91 Å². The quantitative estimate of drug-likeness (QED) is 0.790. The Morgan fingerprint density at radius 2 is 1.79 bits per heavy atom. The van der Waals surface area contributed by atoms with Crippen molar-refractivity contribution in [3.05, 3.63) is 35.9 Å². The highest BCUT2D eigenvalue weighted by molar-refractivity contribution is 5.78. The van der Waals surface area contributed by atoms with Gasteiger partial charge in [-0.3, -0.25) is 14.6 Å². The van der Waals surface area contributed by atoms with Crippen LogP contribution >= 0.6 is 0 Å². The van der Waals surface area contributed by atoms with Crippen LogP contribution in [-0.4, -0.2) is 66.1 Å². The van der Waals surface area contributed by atoms with Crippen molar-refractivity contribution in [3.63, 3.8) is 0 Å². The van der Waals surface area contributed by atoms with Crippen LogP contribution in [0.15, 0.2) is 30.3 Å². The summed E-state index contributed by atoms with van der Waals surface area (Å²) in [7, 11) is 0. The van der Waals surface area contributed by atoms with E-state index in [1.807, 2.05) is 30.3 Å². The fraction of sp³-hybridized carbons (Fsp3) is 0.632. The number of benzene rings is 1. The minimum atomic E-state index is -0.444. The van der Waals surface area contributed by atoms with Crippen LogP contribution in [0.1, 0.15) is 31.4 Å². The first kappa shape index (κ1) is 17.4. The molecule has 3 rings (SSSR count). The lowest BCUT2D eigenvalue weighted by Crippen LogP contribution is -2.51. The molecule has 1 aromatic rings. The third kappa shape index (κ3) is 5.03. The molecule has 1 heterocycles. The molecule has 2 atom stereocenters. The Morgan fingerprint density at radius 3 is 2.42 bits per heavy atom. The summed E-state index contributed by atoms with van der Waals surface area (Å²) >= 11 is 0. The van der Waals surface area contributed by atoms with Crippen LogP contribution in [0, 0.1) is 5.92 Å². The maximum atomic E-state index is 12.1. The molecule has 1 saturated heterocycles. The Hall–Kier alpha value is -1.43. The predicted octanol–water partition coefficient (Wildman–Crippen LogP) is 1.25. The average molecular weight is 331 g/mol. The summed E-state index contributed by atoms with van der Waals surface area (Å²) in [5.74, 6) is 0.845. The summed E-state index contributed by atoms with van der Waals surface area (Å²) in [6.45, 7) is 6.82. The zero-order valence-electron chi connectivity index (χ0n) is 14.5. The van der Waals surface area contributed by atoms with Crippen molar-refractivity contribution in [2.24, 2.45) is 5.92 Å². The normalized spacial score (nSPS) is 22.1. The second kappa shape index (κ2) is 8.10. The predicted molar refractivity (Wildman–Crippen MR) is 94.6 cm³/mol. The first-order valence-electron chi connectivity index (χ1n) is 9.09. The fourth-order valence-corrected chi connectivity index (χ4v) is 3.37. The number of aliphatic hydroxyl groups excluding tert-OH is 1. The number of carbonyl (C=O) groups excluding carboxylic acids is 1. The highest BCUT2D eigenvalue weighted by atomic mass is 16.3. The summed E-state index contributed by atoms with van der Waals surface area (Å²) in [5, 5.41) is 13.4. The van der Waals surface area contributed by atoms with Gasteiger partial charge in [0.05, 0.1) is 12.6 Å². The van der Waals surface area contributed by atoms with Gasteiger partial charge in [-0.25, -0.2) is 0 Å². The highest BCUT2D eigenvalue weighted by Gasteiger charge is 2.29. The molecule has 5 heteroatoms. The Labute approximate surface area is 144 Å². The van der Waals surface area contributed by atoms with E-state index in [0.717, 1.165) is 31.7 Å². The molecule has 0 radical (unpaired) electrons. The van der Waals surface area contributed by atoms with E-state index >= 15 is 0 Å². The summed E-state index contributed by atoms with van der Waals surface area (Å²) in [5.41, 5.74) is 0.966. The molecule has 2 aliphatic rings. The molecule has 0 unspecified atom stereocenters. The SMILES string of the molecule is C[C@@H](NC(=O)CN1CCN(C[C@@H](O)c2ccccc2)CC1)C1CC1. The van der Waals surface area contributed by atoms with Gasteiger partial charge in [0.15, 0.2) is 0 Å². The number of amides is 1. The third-order valence-corrected chi connectivity index (χ3v) is 5.17. The van der Waals surface area contributed by atoms with Gasteiger partial charge < -0.3 is 10.4 Å². The van der Waals surface area contributed by atoms with E-state index in [2.05, 4.69) is 22.0 Å². The van der Waals surface area contributed by atoms with Crippen molar-refractivity contribution in [1.82, 2.24) is 15.1 Å². The van der Waals surface area contributed by atoms with Gasteiger partial charge in [-0.05, 0) is 31.2 Å². The summed E-state index contributed by atoms with van der Waals surface area (Å²) in [6, 6.07) is 10.1. The number of piperazine rings is 1. The molecule has 1 aliphatic heterocycles. The smallest absolute Gasteiger partial charge is 0.234 e. The van der Waals surface area contributed by atoms with Crippen LogP contribution in [0.4, 0.5) is 0 Å². The van der Waals surface area contributed by atoms with Crippen LogP contribution in [0.3, 0.4) is 0 Å². The summed E-state index contributed by atoms with van der Waals surface area (Å²) < 4.78 is 0. The molecule has 0 bridgehead atoms. The van der Waals surface area contributed by atoms with Crippen LogP contribution in [0.2, 0.25) is 0 Å². The molecule has 1 aliphatic carbocycles. The molecule has 132 valence electrons. The minimum absolute atomic E-state index is 0.146. The number of nitrogens with one attached hydrogen (secondary N) is 1. The van der Waals surface area contributed by atoms with E-state index in [1.165, 1.54) is 12.8 Å². The lowest BCUT2D eigenvalue weighted by molar-refractivity contribution is -0.123. The van der Waals surface area contributed by atoms with E-state index in [-0.39, 0.29) is 5.91 Å². The van der Waals surface area contributed by atoms with Gasteiger partial charge in [-0.1, -0.05) is 30.3 Å². The summed E-state index contributed by atoms with van der Waals surface area (Å²) in [6.07, 6.45) is 2.06. The van der Waals surface area contributed by atoms with Gasteiger partial charge in [-0.15, -0.1) is 0 Å². The van der Waals surface area contributed by atoms with E-state index < -0.39 is 6.10 Å². The second-order valence-electron chi connectivity index (χ2n) is 7.20. The molecule has 24 heavy (non-hydrogen) atoms. The van der Waals surface area contributed by atoms with Crippen LogP contribution in [-0.2, 0) is 4.79 Å². The van der Waals surface area contributed by atoms with E-state index in [4.69, 9.17) is 0 Å². The molecular weight excluding hydrogens is 302 g/mol. The Balaban J connectivity index is 1.37. The molecule has 0 aromatic heterocycles. The maximum absolute atomic E-state index is 12.1. The lowest BCUT2D eigenvalue weighted by atomic mass is 10.1. The lowest BCUT2D eigenvalue weighted by Gasteiger charge is -2.35. The molecule has 0 spiro atoms. The summed E-state index contributed by atoms with van der Waals surface area (Å²) in [4.78, 5) is 16.6. The highest BCUT2D eigenvalue weighted by Crippen LogP contribution is 2.32. The van der Waals surface area contributed by atoms with E-state index in [9.17, 15) is 9.90 Å². The molecule has 1 amide bonds. The van der Waals surface area contributed by atoms with Crippen molar-refractivity contribution in [1.29, 1.82) is 0 Å². The van der Waals surface area contributed by atoms with Crippen molar-refractivity contribution < 1.29 is 9.90 Å². The molecule has 1 aromatic carbocycles. The topological polar surface area (TPSA) is 55.8 Å².